The molecular formula is C15H20BrF3O. The van der Waals surface area contributed by atoms with Crippen LogP contribution in [0.2, 0.25) is 0 Å². The highest BCUT2D eigenvalue weighted by atomic mass is 79.9. The summed E-state index contributed by atoms with van der Waals surface area (Å²) < 4.78 is 40.3. The first kappa shape index (κ1) is 17.5. The molecule has 0 saturated carbocycles. The number of aryl methyl sites for hydroxylation is 1. The third kappa shape index (κ3) is 7.29. The van der Waals surface area contributed by atoms with Crippen LogP contribution in [0.25, 0.3) is 0 Å². The number of halogens is 4. The van der Waals surface area contributed by atoms with Crippen molar-refractivity contribution in [3.63, 3.8) is 0 Å². The van der Waals surface area contributed by atoms with Gasteiger partial charge in [0.15, 0.2) is 0 Å². The number of ether oxygens (including phenoxy) is 1. The van der Waals surface area contributed by atoms with Crippen molar-refractivity contribution in [1.29, 1.82) is 0 Å². The Bertz CT molecular complexity index is 376. The van der Waals surface area contributed by atoms with Gasteiger partial charge in [0.1, 0.15) is 6.61 Å². The van der Waals surface area contributed by atoms with Crippen molar-refractivity contribution < 1.29 is 17.9 Å². The van der Waals surface area contributed by atoms with Crippen LogP contribution in [0.5, 0.6) is 0 Å². The molecule has 0 saturated heterocycles. The average Bonchev–Trinajstić information content (AvgIpc) is 2.40. The standard InChI is InChI=1S/C15H20BrF3O/c1-2-3-4-12-5-7-13(8-6-12)14(16)9-10-20-11-15(17,18)19/h5-8,14H,2-4,9-11H2,1H3. The lowest BCUT2D eigenvalue weighted by atomic mass is 10.0. The normalized spacial score (nSPS) is 13.4. The minimum atomic E-state index is -4.25. The van der Waals surface area contributed by atoms with Crippen molar-refractivity contribution in [2.45, 2.75) is 43.6 Å². The van der Waals surface area contributed by atoms with Crippen molar-refractivity contribution in [2.24, 2.45) is 0 Å². The predicted octanol–water partition coefficient (Wildman–Crippen LogP) is 5.43. The molecule has 1 aromatic carbocycles. The first-order valence-corrected chi connectivity index (χ1v) is 7.71. The van der Waals surface area contributed by atoms with Gasteiger partial charge < -0.3 is 4.74 Å². The fourth-order valence-corrected chi connectivity index (χ4v) is 2.31. The van der Waals surface area contributed by atoms with E-state index in [9.17, 15) is 13.2 Å². The molecule has 5 heteroatoms. The maximum absolute atomic E-state index is 11.9. The molecule has 114 valence electrons. The summed E-state index contributed by atoms with van der Waals surface area (Å²) in [5, 5.41) is 0. The zero-order chi connectivity index (χ0) is 15.0. The molecule has 1 unspecified atom stereocenters. The molecule has 0 fully saturated rings. The second-order valence-corrected chi connectivity index (χ2v) is 5.87. The molecule has 0 aliphatic rings. The quantitative estimate of drug-likeness (QED) is 0.447. The van der Waals surface area contributed by atoms with Crippen molar-refractivity contribution in [1.82, 2.24) is 0 Å². The van der Waals surface area contributed by atoms with Gasteiger partial charge in [0.25, 0.3) is 0 Å². The van der Waals surface area contributed by atoms with E-state index in [1.165, 1.54) is 18.4 Å². The minimum Gasteiger partial charge on any atom is -0.372 e. The van der Waals surface area contributed by atoms with Crippen LogP contribution in [0.15, 0.2) is 24.3 Å². The number of unbranched alkanes of at least 4 members (excludes halogenated alkanes) is 1. The molecule has 1 aromatic rings. The lowest BCUT2D eigenvalue weighted by Crippen LogP contribution is -2.17. The Labute approximate surface area is 126 Å². The summed E-state index contributed by atoms with van der Waals surface area (Å²) in [5.74, 6) is 0. The van der Waals surface area contributed by atoms with E-state index in [0.717, 1.165) is 12.0 Å². The van der Waals surface area contributed by atoms with E-state index in [-0.39, 0.29) is 11.4 Å². The number of rotatable bonds is 8. The van der Waals surface area contributed by atoms with Crippen LogP contribution in [0, 0.1) is 0 Å². The zero-order valence-corrected chi connectivity index (χ0v) is 13.1. The molecule has 0 amide bonds. The van der Waals surface area contributed by atoms with Gasteiger partial charge in [0.05, 0.1) is 0 Å². The molecule has 0 N–H and O–H groups in total. The molecule has 1 nitrogen and oxygen atoms in total. The summed E-state index contributed by atoms with van der Waals surface area (Å²) >= 11 is 3.48. The minimum absolute atomic E-state index is 0.0240. The predicted molar refractivity (Wildman–Crippen MR) is 78.2 cm³/mol. The van der Waals surface area contributed by atoms with Crippen LogP contribution in [0.4, 0.5) is 13.2 Å². The lowest BCUT2D eigenvalue weighted by Gasteiger charge is -2.12. The van der Waals surface area contributed by atoms with Gasteiger partial charge in [-0.2, -0.15) is 13.2 Å². The smallest absolute Gasteiger partial charge is 0.372 e. The molecule has 0 spiro atoms. The number of hydrogen-bond donors (Lipinski definition) is 0. The van der Waals surface area contributed by atoms with Crippen LogP contribution in [0.3, 0.4) is 0 Å². The van der Waals surface area contributed by atoms with E-state index in [4.69, 9.17) is 0 Å². The van der Waals surface area contributed by atoms with Gasteiger partial charge in [-0.1, -0.05) is 53.5 Å². The third-order valence-electron chi connectivity index (χ3n) is 2.94. The van der Waals surface area contributed by atoms with Gasteiger partial charge in [-0.05, 0) is 30.4 Å². The van der Waals surface area contributed by atoms with E-state index in [0.29, 0.717) is 6.42 Å². The van der Waals surface area contributed by atoms with Crippen LogP contribution < -0.4 is 0 Å². The third-order valence-corrected chi connectivity index (χ3v) is 3.93. The Kier molecular flexibility index (Phi) is 7.59. The molecular weight excluding hydrogens is 333 g/mol. The Morgan fingerprint density at radius 1 is 1.20 bits per heavy atom. The van der Waals surface area contributed by atoms with Crippen molar-refractivity contribution in [3.8, 4) is 0 Å². The molecule has 20 heavy (non-hydrogen) atoms. The van der Waals surface area contributed by atoms with Crippen LogP contribution in [0.1, 0.15) is 42.1 Å². The van der Waals surface area contributed by atoms with Gasteiger partial charge in [-0.3, -0.25) is 0 Å². The molecule has 0 radical (unpaired) electrons. The highest BCUT2D eigenvalue weighted by molar-refractivity contribution is 9.09. The summed E-state index contributed by atoms with van der Waals surface area (Å²) in [5.41, 5.74) is 2.37. The summed E-state index contributed by atoms with van der Waals surface area (Å²) in [4.78, 5) is 0.0240. The SMILES string of the molecule is CCCCc1ccc(C(Br)CCOCC(F)(F)F)cc1. The maximum Gasteiger partial charge on any atom is 0.411 e. The Morgan fingerprint density at radius 3 is 2.40 bits per heavy atom. The van der Waals surface area contributed by atoms with Gasteiger partial charge in [0, 0.05) is 11.4 Å². The summed E-state index contributed by atoms with van der Waals surface area (Å²) in [6.07, 6.45) is -0.326. The number of alkyl halides is 4. The van der Waals surface area contributed by atoms with Gasteiger partial charge in [0.2, 0.25) is 0 Å². The van der Waals surface area contributed by atoms with Crippen LogP contribution in [-0.4, -0.2) is 19.4 Å². The Morgan fingerprint density at radius 2 is 1.85 bits per heavy atom. The number of benzene rings is 1. The van der Waals surface area contributed by atoms with E-state index >= 15 is 0 Å². The highest BCUT2D eigenvalue weighted by Gasteiger charge is 2.27. The van der Waals surface area contributed by atoms with Crippen molar-refractivity contribution in [3.05, 3.63) is 35.4 Å². The highest BCUT2D eigenvalue weighted by Crippen LogP contribution is 2.27. The topological polar surface area (TPSA) is 9.23 Å². The average molecular weight is 353 g/mol. The fourth-order valence-electron chi connectivity index (χ4n) is 1.82. The van der Waals surface area contributed by atoms with E-state index < -0.39 is 12.8 Å². The van der Waals surface area contributed by atoms with Gasteiger partial charge >= 0.3 is 6.18 Å². The Hall–Kier alpha value is -0.550. The first-order valence-electron chi connectivity index (χ1n) is 6.80. The lowest BCUT2D eigenvalue weighted by molar-refractivity contribution is -0.174. The van der Waals surface area contributed by atoms with E-state index in [2.05, 4.69) is 39.7 Å². The second-order valence-electron chi connectivity index (χ2n) is 4.77. The molecule has 0 bridgehead atoms. The summed E-state index contributed by atoms with van der Waals surface area (Å²) in [6.45, 7) is 1.07. The van der Waals surface area contributed by atoms with Crippen molar-refractivity contribution >= 4 is 15.9 Å². The Balaban J connectivity index is 2.34. The largest absolute Gasteiger partial charge is 0.411 e. The monoisotopic (exact) mass is 352 g/mol. The van der Waals surface area contributed by atoms with Crippen LogP contribution in [-0.2, 0) is 11.2 Å². The van der Waals surface area contributed by atoms with Gasteiger partial charge in [-0.15, -0.1) is 0 Å². The maximum atomic E-state index is 11.9. The van der Waals surface area contributed by atoms with Crippen LogP contribution >= 0.6 is 15.9 Å². The van der Waals surface area contributed by atoms with Gasteiger partial charge in [-0.25, -0.2) is 0 Å². The molecule has 0 heterocycles. The summed E-state index contributed by atoms with van der Waals surface area (Å²) in [7, 11) is 0. The summed E-state index contributed by atoms with van der Waals surface area (Å²) in [6, 6.07) is 8.20. The van der Waals surface area contributed by atoms with E-state index in [1.54, 1.807) is 0 Å². The molecule has 0 aliphatic heterocycles. The van der Waals surface area contributed by atoms with E-state index in [1.807, 2.05) is 12.1 Å². The molecule has 1 rings (SSSR count). The molecule has 0 aliphatic carbocycles. The molecule has 0 aromatic heterocycles. The zero-order valence-electron chi connectivity index (χ0n) is 11.5. The van der Waals surface area contributed by atoms with Crippen molar-refractivity contribution in [2.75, 3.05) is 13.2 Å². The number of hydrogen-bond acceptors (Lipinski definition) is 1. The fraction of sp³-hybridized carbons (Fsp3) is 0.600. The molecule has 1 atom stereocenters. The second kappa shape index (κ2) is 8.67. The first-order chi connectivity index (χ1) is 9.42.